The van der Waals surface area contributed by atoms with Crippen LogP contribution in [0.4, 0.5) is 0 Å². The third-order valence-corrected chi connectivity index (χ3v) is 13.8. The van der Waals surface area contributed by atoms with E-state index in [1.807, 2.05) is 22.7 Å². The van der Waals surface area contributed by atoms with Gasteiger partial charge in [-0.1, -0.05) is 140 Å². The molecule has 0 aliphatic carbocycles. The van der Waals surface area contributed by atoms with Gasteiger partial charge in [0.2, 0.25) is 0 Å². The zero-order valence-corrected chi connectivity index (χ0v) is 30.8. The first-order valence-electron chi connectivity index (χ1n) is 18.5. The first-order valence-corrected chi connectivity index (χ1v) is 20.1. The van der Waals surface area contributed by atoms with Gasteiger partial charge in [-0.15, -0.1) is 22.7 Å². The number of rotatable bonds is 3. The molecular weight excluding hydrogens is 689 g/mol. The van der Waals surface area contributed by atoms with Crippen LogP contribution in [0.5, 0.6) is 0 Å². The van der Waals surface area contributed by atoms with Crippen LogP contribution < -0.4 is 0 Å². The van der Waals surface area contributed by atoms with Gasteiger partial charge in [-0.05, 0) is 114 Å². The molecule has 2 heterocycles. The third-order valence-electron chi connectivity index (χ3n) is 11.4. The molecule has 0 aliphatic heterocycles. The summed E-state index contributed by atoms with van der Waals surface area (Å²) in [6, 6.07) is 67.9. The van der Waals surface area contributed by atoms with Gasteiger partial charge in [-0.2, -0.15) is 0 Å². The summed E-state index contributed by atoms with van der Waals surface area (Å²) >= 11 is 3.81. The SMILES string of the molecule is c1cc(-c2ccc3sc4c5cc6sc7ccccc7c6cc5ccc4c3c2)cc(-c2c3ccccc3c(-c3ccc4ccccc4c3)c3ccccc23)c1. The van der Waals surface area contributed by atoms with Crippen molar-refractivity contribution in [1.82, 2.24) is 0 Å². The van der Waals surface area contributed by atoms with Gasteiger partial charge in [0.05, 0.1) is 0 Å². The number of hydrogen-bond donors (Lipinski definition) is 0. The van der Waals surface area contributed by atoms with Crippen molar-refractivity contribution in [2.24, 2.45) is 0 Å². The van der Waals surface area contributed by atoms with Crippen molar-refractivity contribution < 1.29 is 0 Å². The molecule has 0 saturated carbocycles. The topological polar surface area (TPSA) is 0 Å². The molecule has 0 fully saturated rings. The van der Waals surface area contributed by atoms with Crippen LogP contribution >= 0.6 is 22.7 Å². The van der Waals surface area contributed by atoms with E-state index in [1.54, 1.807) is 0 Å². The van der Waals surface area contributed by atoms with Crippen molar-refractivity contribution in [3.8, 4) is 33.4 Å². The molecule has 0 nitrogen and oxygen atoms in total. The van der Waals surface area contributed by atoms with Crippen LogP contribution in [0, 0.1) is 0 Å². The van der Waals surface area contributed by atoms with Gasteiger partial charge in [-0.3, -0.25) is 0 Å². The molecule has 0 radical (unpaired) electrons. The monoisotopic (exact) mass is 718 g/mol. The van der Waals surface area contributed by atoms with E-state index in [4.69, 9.17) is 0 Å². The third kappa shape index (κ3) is 4.48. The second-order valence-electron chi connectivity index (χ2n) is 14.4. The van der Waals surface area contributed by atoms with Gasteiger partial charge in [0, 0.05) is 45.7 Å². The summed E-state index contributed by atoms with van der Waals surface area (Å²) < 4.78 is 5.41. The Hall–Kier alpha value is -6.32. The fourth-order valence-corrected chi connectivity index (χ4v) is 11.2. The van der Waals surface area contributed by atoms with Crippen molar-refractivity contribution in [1.29, 1.82) is 0 Å². The summed E-state index contributed by atoms with van der Waals surface area (Å²) in [6.07, 6.45) is 0. The Morgan fingerprint density at radius 1 is 0.241 bits per heavy atom. The smallest absolute Gasteiger partial charge is 0.0434 e. The highest BCUT2D eigenvalue weighted by Gasteiger charge is 2.18. The average molecular weight is 719 g/mol. The van der Waals surface area contributed by atoms with Gasteiger partial charge in [0.15, 0.2) is 0 Å². The number of benzene rings is 10. The zero-order valence-electron chi connectivity index (χ0n) is 29.1. The second-order valence-corrected chi connectivity index (χ2v) is 16.5. The minimum atomic E-state index is 1.23. The van der Waals surface area contributed by atoms with Gasteiger partial charge in [0.25, 0.3) is 0 Å². The lowest BCUT2D eigenvalue weighted by Gasteiger charge is -2.18. The first-order chi connectivity index (χ1) is 26.7. The minimum absolute atomic E-state index is 1.23. The maximum Gasteiger partial charge on any atom is 0.0434 e. The van der Waals surface area contributed by atoms with E-state index in [0.717, 1.165) is 0 Å². The van der Waals surface area contributed by atoms with Crippen molar-refractivity contribution >= 4 is 106 Å². The molecule has 0 amide bonds. The van der Waals surface area contributed by atoms with Crippen LogP contribution in [0.15, 0.2) is 182 Å². The predicted octanol–water partition coefficient (Wildman–Crippen LogP) is 16.0. The number of thiophene rings is 2. The Bertz CT molecular complexity index is 3450. The quantitative estimate of drug-likeness (QED) is 0.160. The molecule has 0 saturated heterocycles. The highest BCUT2D eigenvalue weighted by atomic mass is 32.1. The van der Waals surface area contributed by atoms with E-state index < -0.39 is 0 Å². The molecule has 0 bridgehead atoms. The predicted molar refractivity (Wildman–Crippen MR) is 239 cm³/mol. The van der Waals surface area contributed by atoms with E-state index in [9.17, 15) is 0 Å². The Labute approximate surface area is 319 Å². The molecule has 0 atom stereocenters. The van der Waals surface area contributed by atoms with Gasteiger partial charge >= 0.3 is 0 Å². The first kappa shape index (κ1) is 30.2. The standard InChI is InChI=1S/C52H30S2/c1-2-11-32-26-37(21-20-31(32)10-1)51-41-17-5-3-15-39(41)50(40-16-4-6-18-42(40)51)36-13-9-12-33(27-36)34-23-25-48-46(28-34)43-24-22-35-29-45-38-14-7-8-19-47(38)53-49(45)30-44(35)52(43)54-48/h1-30H. The fourth-order valence-electron chi connectivity index (χ4n) is 8.91. The Morgan fingerprint density at radius 3 is 1.59 bits per heavy atom. The highest BCUT2D eigenvalue weighted by molar-refractivity contribution is 7.27. The molecule has 0 spiro atoms. The summed E-state index contributed by atoms with van der Waals surface area (Å²) in [5.41, 5.74) is 7.53. The summed E-state index contributed by atoms with van der Waals surface area (Å²) in [6.45, 7) is 0. The van der Waals surface area contributed by atoms with Crippen LogP contribution in [0.3, 0.4) is 0 Å². The van der Waals surface area contributed by atoms with Gasteiger partial charge < -0.3 is 0 Å². The lowest BCUT2D eigenvalue weighted by molar-refractivity contribution is 1.63. The summed E-state index contributed by atoms with van der Waals surface area (Å²) in [7, 11) is 0. The molecule has 0 unspecified atom stereocenters. The van der Waals surface area contributed by atoms with Crippen LogP contribution in [0.2, 0.25) is 0 Å². The molecule has 2 heteroatoms. The summed E-state index contributed by atoms with van der Waals surface area (Å²) in [5, 5.41) is 15.7. The van der Waals surface area contributed by atoms with Crippen molar-refractivity contribution in [3.05, 3.63) is 182 Å². The van der Waals surface area contributed by atoms with E-state index in [2.05, 4.69) is 182 Å². The van der Waals surface area contributed by atoms with Gasteiger partial charge in [-0.25, -0.2) is 0 Å². The maximum atomic E-state index is 2.43. The number of hydrogen-bond acceptors (Lipinski definition) is 2. The van der Waals surface area contributed by atoms with Crippen molar-refractivity contribution in [2.45, 2.75) is 0 Å². The lowest BCUT2D eigenvalue weighted by atomic mass is 9.85. The average Bonchev–Trinajstić information content (AvgIpc) is 3.79. The van der Waals surface area contributed by atoms with Crippen LogP contribution in [0.1, 0.15) is 0 Å². The van der Waals surface area contributed by atoms with E-state index in [-0.39, 0.29) is 0 Å². The lowest BCUT2D eigenvalue weighted by Crippen LogP contribution is -1.91. The molecule has 54 heavy (non-hydrogen) atoms. The summed E-state index contributed by atoms with van der Waals surface area (Å²) in [4.78, 5) is 0. The minimum Gasteiger partial charge on any atom is -0.135 e. The van der Waals surface area contributed by atoms with Crippen LogP contribution in [-0.2, 0) is 0 Å². The highest BCUT2D eigenvalue weighted by Crippen LogP contribution is 2.46. The van der Waals surface area contributed by atoms with E-state index in [1.165, 1.54) is 117 Å². The molecule has 2 aromatic heterocycles. The van der Waals surface area contributed by atoms with Crippen molar-refractivity contribution in [2.75, 3.05) is 0 Å². The summed E-state index contributed by atoms with van der Waals surface area (Å²) in [5.74, 6) is 0. The molecule has 0 N–H and O–H groups in total. The second kappa shape index (κ2) is 11.6. The van der Waals surface area contributed by atoms with E-state index in [0.29, 0.717) is 0 Å². The Morgan fingerprint density at radius 2 is 0.815 bits per heavy atom. The molecule has 12 rings (SSSR count). The van der Waals surface area contributed by atoms with Gasteiger partial charge in [0.1, 0.15) is 0 Å². The largest absolute Gasteiger partial charge is 0.135 e. The Kier molecular flexibility index (Phi) is 6.48. The molecule has 0 aliphatic rings. The molecule has 250 valence electrons. The van der Waals surface area contributed by atoms with Crippen LogP contribution in [0.25, 0.3) is 117 Å². The van der Waals surface area contributed by atoms with Crippen LogP contribution in [-0.4, -0.2) is 0 Å². The zero-order chi connectivity index (χ0) is 35.3. The number of fused-ring (bicyclic) bond motifs is 11. The normalized spacial score (nSPS) is 12.1. The molecule has 12 aromatic rings. The fraction of sp³-hybridized carbons (Fsp3) is 0. The van der Waals surface area contributed by atoms with E-state index >= 15 is 0 Å². The molecular formula is C52H30S2. The van der Waals surface area contributed by atoms with Crippen molar-refractivity contribution in [3.63, 3.8) is 0 Å². The Balaban J connectivity index is 1.02. The molecule has 10 aromatic carbocycles. The maximum absolute atomic E-state index is 2.43.